The molecule has 0 saturated heterocycles. The monoisotopic (exact) mass is 379 g/mol. The summed E-state index contributed by atoms with van der Waals surface area (Å²) >= 11 is 0. The van der Waals surface area contributed by atoms with Gasteiger partial charge in [-0.2, -0.15) is 0 Å². The van der Waals surface area contributed by atoms with E-state index in [1.807, 2.05) is 6.07 Å². The number of rotatable bonds is 5. The molecule has 0 bridgehead atoms. The Hall–Kier alpha value is -1.96. The van der Waals surface area contributed by atoms with E-state index in [4.69, 9.17) is 4.74 Å². The molecule has 2 aromatic rings. The van der Waals surface area contributed by atoms with Crippen molar-refractivity contribution in [2.24, 2.45) is 0 Å². The van der Waals surface area contributed by atoms with E-state index in [0.29, 0.717) is 23.3 Å². The second-order valence-corrected chi connectivity index (χ2v) is 8.38. The highest BCUT2D eigenvalue weighted by molar-refractivity contribution is 7.89. The molecule has 0 spiro atoms. The Morgan fingerprint density at radius 2 is 2.04 bits per heavy atom. The lowest BCUT2D eigenvalue weighted by Gasteiger charge is -2.35. The molecule has 140 valence electrons. The van der Waals surface area contributed by atoms with Gasteiger partial charge in [0.1, 0.15) is 17.2 Å². The van der Waals surface area contributed by atoms with Crippen LogP contribution in [-0.2, 0) is 22.0 Å². The molecule has 1 unspecified atom stereocenters. The molecule has 0 aromatic heterocycles. The summed E-state index contributed by atoms with van der Waals surface area (Å²) in [6.45, 7) is 1.39. The van der Waals surface area contributed by atoms with E-state index in [0.717, 1.165) is 24.5 Å². The number of fused-ring (bicyclic) bond motifs is 1. The summed E-state index contributed by atoms with van der Waals surface area (Å²) in [6.07, 6.45) is 2.00. The van der Waals surface area contributed by atoms with Crippen LogP contribution < -0.4 is 9.46 Å². The summed E-state index contributed by atoms with van der Waals surface area (Å²) < 4.78 is 46.1. The van der Waals surface area contributed by atoms with Crippen molar-refractivity contribution in [3.63, 3.8) is 0 Å². The van der Waals surface area contributed by atoms with Gasteiger partial charge in [0.25, 0.3) is 0 Å². The third-order valence-electron chi connectivity index (χ3n) is 4.83. The van der Waals surface area contributed by atoms with E-state index in [2.05, 4.69) is 4.72 Å². The van der Waals surface area contributed by atoms with Crippen molar-refractivity contribution in [2.45, 2.75) is 36.7 Å². The van der Waals surface area contributed by atoms with Crippen molar-refractivity contribution < 1.29 is 22.7 Å². The number of aliphatic hydroxyl groups is 1. The first kappa shape index (κ1) is 18.8. The van der Waals surface area contributed by atoms with Gasteiger partial charge in [-0.15, -0.1) is 0 Å². The molecule has 0 amide bonds. The van der Waals surface area contributed by atoms with Crippen LogP contribution in [0.3, 0.4) is 0 Å². The molecule has 26 heavy (non-hydrogen) atoms. The van der Waals surface area contributed by atoms with Gasteiger partial charge in [-0.1, -0.05) is 6.07 Å². The van der Waals surface area contributed by atoms with Crippen LogP contribution in [0.25, 0.3) is 0 Å². The molecule has 2 aromatic carbocycles. The summed E-state index contributed by atoms with van der Waals surface area (Å²) in [5.41, 5.74) is 0.692. The summed E-state index contributed by atoms with van der Waals surface area (Å²) in [5.74, 6) is 0.214. The molecule has 0 saturated carbocycles. The summed E-state index contributed by atoms with van der Waals surface area (Å²) in [5, 5.41) is 11.1. The average molecular weight is 379 g/mol. The maximum atomic E-state index is 13.2. The highest BCUT2D eigenvalue weighted by Gasteiger charge is 2.36. The zero-order valence-corrected chi connectivity index (χ0v) is 15.6. The normalized spacial score (nSPS) is 19.8. The van der Waals surface area contributed by atoms with Gasteiger partial charge in [0, 0.05) is 6.54 Å². The second-order valence-electron chi connectivity index (χ2n) is 6.64. The van der Waals surface area contributed by atoms with E-state index < -0.39 is 21.4 Å². The molecule has 1 atom stereocenters. The van der Waals surface area contributed by atoms with Crippen LogP contribution in [0, 0.1) is 12.7 Å². The Morgan fingerprint density at radius 1 is 1.27 bits per heavy atom. The molecule has 7 heteroatoms. The minimum Gasteiger partial charge on any atom is -0.497 e. The number of sulfonamides is 1. The lowest BCUT2D eigenvalue weighted by atomic mass is 9.79. The third-order valence-corrected chi connectivity index (χ3v) is 6.39. The van der Waals surface area contributed by atoms with Gasteiger partial charge < -0.3 is 9.84 Å². The molecular weight excluding hydrogens is 357 g/mol. The van der Waals surface area contributed by atoms with Crippen LogP contribution in [0.2, 0.25) is 0 Å². The van der Waals surface area contributed by atoms with Gasteiger partial charge in [0.2, 0.25) is 10.0 Å². The number of hydrogen-bond donors (Lipinski definition) is 2. The number of benzene rings is 2. The predicted octanol–water partition coefficient (Wildman–Crippen LogP) is 2.65. The molecule has 1 aliphatic carbocycles. The van der Waals surface area contributed by atoms with Crippen LogP contribution in [0.1, 0.15) is 29.5 Å². The number of methoxy groups -OCH3 is 1. The Bertz CT molecular complexity index is 929. The molecular formula is C19H22FNO4S. The topological polar surface area (TPSA) is 75.6 Å². The van der Waals surface area contributed by atoms with E-state index in [-0.39, 0.29) is 11.4 Å². The molecule has 3 rings (SSSR count). The van der Waals surface area contributed by atoms with Gasteiger partial charge in [0.05, 0.1) is 12.0 Å². The Labute approximate surface area is 152 Å². The first-order chi connectivity index (χ1) is 12.2. The average Bonchev–Trinajstić information content (AvgIpc) is 2.60. The lowest BCUT2D eigenvalue weighted by Crippen LogP contribution is -2.43. The van der Waals surface area contributed by atoms with Crippen molar-refractivity contribution in [2.75, 3.05) is 13.7 Å². The minimum atomic E-state index is -3.86. The van der Waals surface area contributed by atoms with Gasteiger partial charge in [-0.05, 0) is 73.2 Å². The van der Waals surface area contributed by atoms with Gasteiger partial charge in [0.15, 0.2) is 0 Å². The molecule has 2 N–H and O–H groups in total. The van der Waals surface area contributed by atoms with Crippen molar-refractivity contribution in [3.05, 3.63) is 58.9 Å². The molecule has 0 radical (unpaired) electrons. The number of ether oxygens (including phenoxy) is 1. The van der Waals surface area contributed by atoms with Gasteiger partial charge in [-0.3, -0.25) is 0 Å². The lowest BCUT2D eigenvalue weighted by molar-refractivity contribution is 0.0242. The predicted molar refractivity (Wildman–Crippen MR) is 96.2 cm³/mol. The standard InChI is InChI=1S/C19H22FNO4S/c1-13-10-15(20)5-8-18(13)26(23,24)21-12-19(22)9-3-4-14-11-16(25-2)6-7-17(14)19/h5-8,10-11,21-22H,3-4,9,12H2,1-2H3. The first-order valence-corrected chi connectivity index (χ1v) is 9.89. The Balaban J connectivity index is 1.85. The van der Waals surface area contributed by atoms with Crippen molar-refractivity contribution >= 4 is 10.0 Å². The third kappa shape index (κ3) is 3.60. The van der Waals surface area contributed by atoms with Crippen molar-refractivity contribution in [1.82, 2.24) is 4.72 Å². The number of aryl methyl sites for hydroxylation is 2. The molecule has 0 heterocycles. The quantitative estimate of drug-likeness (QED) is 0.837. The molecule has 0 aliphatic heterocycles. The van der Waals surface area contributed by atoms with Gasteiger partial charge >= 0.3 is 0 Å². The number of nitrogens with one attached hydrogen (secondary N) is 1. The first-order valence-electron chi connectivity index (χ1n) is 8.41. The van der Waals surface area contributed by atoms with E-state index in [1.54, 1.807) is 19.2 Å². The molecule has 0 fully saturated rings. The smallest absolute Gasteiger partial charge is 0.240 e. The molecule has 5 nitrogen and oxygen atoms in total. The van der Waals surface area contributed by atoms with Crippen molar-refractivity contribution in [1.29, 1.82) is 0 Å². The maximum absolute atomic E-state index is 13.2. The zero-order chi connectivity index (χ0) is 18.9. The van der Waals surface area contributed by atoms with E-state index >= 15 is 0 Å². The minimum absolute atomic E-state index is 0.00765. The fourth-order valence-electron chi connectivity index (χ4n) is 3.45. The number of hydrogen-bond acceptors (Lipinski definition) is 4. The van der Waals surface area contributed by atoms with Crippen LogP contribution >= 0.6 is 0 Å². The Morgan fingerprint density at radius 3 is 2.73 bits per heavy atom. The highest BCUT2D eigenvalue weighted by atomic mass is 32.2. The van der Waals surface area contributed by atoms with Crippen LogP contribution in [0.4, 0.5) is 4.39 Å². The van der Waals surface area contributed by atoms with E-state index in [9.17, 15) is 17.9 Å². The largest absolute Gasteiger partial charge is 0.497 e. The second kappa shape index (κ2) is 6.98. The number of halogens is 1. The fraction of sp³-hybridized carbons (Fsp3) is 0.368. The highest BCUT2D eigenvalue weighted by Crippen LogP contribution is 2.37. The van der Waals surface area contributed by atoms with Crippen LogP contribution in [0.15, 0.2) is 41.3 Å². The summed E-state index contributed by atoms with van der Waals surface area (Å²) in [4.78, 5) is 0.00765. The summed E-state index contributed by atoms with van der Waals surface area (Å²) in [6, 6.07) is 8.93. The summed E-state index contributed by atoms with van der Waals surface area (Å²) in [7, 11) is -2.28. The maximum Gasteiger partial charge on any atom is 0.240 e. The molecule has 1 aliphatic rings. The van der Waals surface area contributed by atoms with Crippen molar-refractivity contribution in [3.8, 4) is 5.75 Å². The fourth-order valence-corrected chi connectivity index (χ4v) is 4.77. The Kier molecular flexibility index (Phi) is 5.05. The van der Waals surface area contributed by atoms with Gasteiger partial charge in [-0.25, -0.2) is 17.5 Å². The van der Waals surface area contributed by atoms with Crippen LogP contribution in [0.5, 0.6) is 5.75 Å². The van der Waals surface area contributed by atoms with E-state index in [1.165, 1.54) is 19.1 Å². The van der Waals surface area contributed by atoms with Crippen LogP contribution in [-0.4, -0.2) is 27.2 Å². The SMILES string of the molecule is COc1ccc2c(c1)CCCC2(O)CNS(=O)(=O)c1ccc(F)cc1C. The zero-order valence-electron chi connectivity index (χ0n) is 14.8.